The number of hydrogen-bond acceptors (Lipinski definition) is 2. The van der Waals surface area contributed by atoms with Gasteiger partial charge in [-0.2, -0.15) is 0 Å². The average Bonchev–Trinajstić information content (AvgIpc) is 3.67. The Hall–Kier alpha value is -7.32. The average molecular weight is 773 g/mol. The summed E-state index contributed by atoms with van der Waals surface area (Å²) in [6.07, 6.45) is 0. The van der Waals surface area contributed by atoms with Gasteiger partial charge >= 0.3 is 0 Å². The Morgan fingerprint density at radius 2 is 0.864 bits per heavy atom. The van der Waals surface area contributed by atoms with Crippen LogP contribution in [0.1, 0.15) is 0 Å². The summed E-state index contributed by atoms with van der Waals surface area (Å²) < 4.78 is 17.3. The van der Waals surface area contributed by atoms with Gasteiger partial charge in [0.15, 0.2) is 7.14 Å². The minimum atomic E-state index is -3.04. The first-order valence-corrected chi connectivity index (χ1v) is 21.7. The smallest absolute Gasteiger partial charge is 0.171 e. The molecule has 0 aliphatic heterocycles. The number of rotatable bonds is 7. The van der Waals surface area contributed by atoms with E-state index in [1.807, 2.05) is 72.8 Å². The third kappa shape index (κ3) is 5.82. The van der Waals surface area contributed by atoms with E-state index in [9.17, 15) is 4.57 Å². The van der Waals surface area contributed by atoms with Crippen molar-refractivity contribution in [3.8, 4) is 39.2 Å². The Balaban J connectivity index is 1.02. The molecule has 2 heterocycles. The predicted octanol–water partition coefficient (Wildman–Crippen LogP) is 13.1. The van der Waals surface area contributed by atoms with Crippen molar-refractivity contribution in [1.29, 1.82) is 0 Å². The molecule has 0 spiro atoms. The van der Waals surface area contributed by atoms with Gasteiger partial charge in [0, 0.05) is 48.7 Å². The maximum Gasteiger partial charge on any atom is 0.171 e. The Bertz CT molecular complexity index is 3320. The zero-order valence-electron chi connectivity index (χ0n) is 32.1. The Morgan fingerprint density at radius 1 is 0.356 bits per heavy atom. The van der Waals surface area contributed by atoms with Crippen molar-refractivity contribution in [3.05, 3.63) is 224 Å². The Labute approximate surface area is 342 Å². The van der Waals surface area contributed by atoms with Gasteiger partial charge in [-0.25, -0.2) is 4.98 Å². The molecular weight excluding hydrogens is 736 g/mol. The predicted molar refractivity (Wildman–Crippen MR) is 249 cm³/mol. The summed E-state index contributed by atoms with van der Waals surface area (Å²) in [4.78, 5) is 5.43. The van der Waals surface area contributed by atoms with E-state index < -0.39 is 7.14 Å². The first-order valence-electron chi connectivity index (χ1n) is 20.0. The molecule has 0 atom stereocenters. The number of benzene rings is 9. The number of hydrogen-bond donors (Lipinski definition) is 0. The lowest BCUT2D eigenvalue weighted by Gasteiger charge is -2.20. The Morgan fingerprint density at radius 3 is 1.51 bits per heavy atom. The maximum atomic E-state index is 14.9. The minimum Gasteiger partial charge on any atom is -0.309 e. The molecule has 0 radical (unpaired) electrons. The SMILES string of the molecule is O=P(c1ccccc1)(c1ccccc1)c1ccc(-c2ccc(-c3ccc4nc(-c5ccccc5)c5c(ccc6c5c5ccccc5n6-c5ccccc5)c4c3)cc2)cc1. The molecule has 0 aliphatic rings. The lowest BCUT2D eigenvalue weighted by Crippen LogP contribution is -2.24. The largest absolute Gasteiger partial charge is 0.309 e. The molecule has 0 aliphatic carbocycles. The van der Waals surface area contributed by atoms with Crippen molar-refractivity contribution in [3.63, 3.8) is 0 Å². The summed E-state index contributed by atoms with van der Waals surface area (Å²) >= 11 is 0. The van der Waals surface area contributed by atoms with Gasteiger partial charge in [-0.1, -0.05) is 188 Å². The van der Waals surface area contributed by atoms with Crippen LogP contribution in [-0.2, 0) is 4.57 Å². The molecule has 0 unspecified atom stereocenters. The lowest BCUT2D eigenvalue weighted by molar-refractivity contribution is 0.592. The molecule has 59 heavy (non-hydrogen) atoms. The summed E-state index contributed by atoms with van der Waals surface area (Å²) in [6.45, 7) is 0. The van der Waals surface area contributed by atoms with Crippen molar-refractivity contribution in [2.45, 2.75) is 0 Å². The van der Waals surface area contributed by atoms with Gasteiger partial charge in [0.1, 0.15) is 0 Å². The van der Waals surface area contributed by atoms with Crippen LogP contribution >= 0.6 is 7.14 Å². The fourth-order valence-electron chi connectivity index (χ4n) is 8.84. The summed E-state index contributed by atoms with van der Waals surface area (Å²) in [5.74, 6) is 0. The van der Waals surface area contributed by atoms with Gasteiger partial charge < -0.3 is 9.13 Å². The molecule has 0 bridgehead atoms. The molecule has 9 aromatic carbocycles. The first kappa shape index (κ1) is 34.9. The normalized spacial score (nSPS) is 11.8. The molecule has 11 rings (SSSR count). The van der Waals surface area contributed by atoms with Crippen LogP contribution in [0.4, 0.5) is 0 Å². The van der Waals surface area contributed by atoms with Crippen LogP contribution in [0.25, 0.3) is 82.7 Å². The second-order valence-corrected chi connectivity index (χ2v) is 17.8. The second-order valence-electron chi connectivity index (χ2n) is 15.0. The van der Waals surface area contributed by atoms with E-state index in [0.717, 1.165) is 76.9 Å². The monoisotopic (exact) mass is 772 g/mol. The molecule has 0 N–H and O–H groups in total. The van der Waals surface area contributed by atoms with Gasteiger partial charge in [0.25, 0.3) is 0 Å². The van der Waals surface area contributed by atoms with E-state index in [1.165, 1.54) is 21.7 Å². The van der Waals surface area contributed by atoms with Crippen molar-refractivity contribution >= 4 is 66.5 Å². The third-order valence-electron chi connectivity index (χ3n) is 11.7. The van der Waals surface area contributed by atoms with Gasteiger partial charge in [0.05, 0.1) is 22.2 Å². The number of para-hydroxylation sites is 2. The standard InChI is InChI=1S/C55H37N2OP/c58-59(44-19-9-3-10-20-44,45-21-11-4-12-22-45)46-32-29-39(30-33-46)38-25-27-40(28-26-38)42-31-35-50-49(37-42)47-34-36-52-53(54(47)55(56-50)41-15-5-1-6-16-41)48-23-13-14-24-51(48)57(52)43-17-7-2-8-18-43/h1-37H. The van der Waals surface area contributed by atoms with Gasteiger partial charge in [0.2, 0.25) is 0 Å². The molecule has 0 saturated carbocycles. The van der Waals surface area contributed by atoms with Crippen LogP contribution in [-0.4, -0.2) is 9.55 Å². The summed E-state index contributed by atoms with van der Waals surface area (Å²) in [5.41, 5.74) is 11.0. The van der Waals surface area contributed by atoms with Crippen molar-refractivity contribution < 1.29 is 4.57 Å². The molecule has 2 aromatic heterocycles. The highest BCUT2D eigenvalue weighted by Crippen LogP contribution is 2.44. The second kappa shape index (κ2) is 14.3. The molecular formula is C55H37N2OP. The number of fused-ring (bicyclic) bond motifs is 7. The quantitative estimate of drug-likeness (QED) is 0.119. The molecule has 0 saturated heterocycles. The van der Waals surface area contributed by atoms with Gasteiger partial charge in [-0.3, -0.25) is 0 Å². The van der Waals surface area contributed by atoms with Gasteiger partial charge in [-0.15, -0.1) is 0 Å². The molecule has 11 aromatic rings. The van der Waals surface area contributed by atoms with E-state index in [1.54, 1.807) is 0 Å². The maximum absolute atomic E-state index is 14.9. The van der Waals surface area contributed by atoms with Crippen molar-refractivity contribution in [2.75, 3.05) is 0 Å². The molecule has 3 nitrogen and oxygen atoms in total. The van der Waals surface area contributed by atoms with E-state index in [4.69, 9.17) is 4.98 Å². The van der Waals surface area contributed by atoms with E-state index in [0.29, 0.717) is 0 Å². The summed E-state index contributed by atoms with van der Waals surface area (Å²) in [7, 11) is -3.04. The zero-order valence-corrected chi connectivity index (χ0v) is 33.0. The van der Waals surface area contributed by atoms with Crippen LogP contribution < -0.4 is 15.9 Å². The first-order chi connectivity index (χ1) is 29.1. The van der Waals surface area contributed by atoms with Crippen molar-refractivity contribution in [2.24, 2.45) is 0 Å². The highest BCUT2D eigenvalue weighted by Gasteiger charge is 2.29. The fourth-order valence-corrected chi connectivity index (χ4v) is 11.5. The number of nitrogens with zero attached hydrogens (tertiary/aromatic N) is 2. The van der Waals surface area contributed by atoms with Gasteiger partial charge in [-0.05, 0) is 64.0 Å². The lowest BCUT2D eigenvalue weighted by atomic mass is 9.94. The van der Waals surface area contributed by atoms with Crippen LogP contribution in [0, 0.1) is 0 Å². The Kier molecular flexibility index (Phi) is 8.43. The molecule has 278 valence electrons. The van der Waals surface area contributed by atoms with Crippen LogP contribution in [0.15, 0.2) is 224 Å². The van der Waals surface area contributed by atoms with Crippen LogP contribution in [0.2, 0.25) is 0 Å². The summed E-state index contributed by atoms with van der Waals surface area (Å²) in [6, 6.07) is 77.8. The van der Waals surface area contributed by atoms with Crippen LogP contribution in [0.5, 0.6) is 0 Å². The third-order valence-corrected chi connectivity index (χ3v) is 14.8. The van der Waals surface area contributed by atoms with E-state index >= 15 is 0 Å². The van der Waals surface area contributed by atoms with Crippen molar-refractivity contribution in [1.82, 2.24) is 9.55 Å². The molecule has 0 amide bonds. The molecule has 0 fully saturated rings. The highest BCUT2D eigenvalue weighted by molar-refractivity contribution is 7.85. The van der Waals surface area contributed by atoms with E-state index in [2.05, 4.69) is 156 Å². The zero-order chi connectivity index (χ0) is 39.3. The molecule has 4 heteroatoms. The highest BCUT2D eigenvalue weighted by atomic mass is 31.2. The van der Waals surface area contributed by atoms with Crippen LogP contribution in [0.3, 0.4) is 0 Å². The minimum absolute atomic E-state index is 0.824. The fraction of sp³-hybridized carbons (Fsp3) is 0. The topological polar surface area (TPSA) is 34.9 Å². The van der Waals surface area contributed by atoms with E-state index in [-0.39, 0.29) is 0 Å². The number of pyridine rings is 1. The number of aromatic nitrogens is 2. The summed E-state index contributed by atoms with van der Waals surface area (Å²) in [5, 5.41) is 8.37.